The highest BCUT2D eigenvalue weighted by Crippen LogP contribution is 2.44. The predicted molar refractivity (Wildman–Crippen MR) is 223 cm³/mol. The van der Waals surface area contributed by atoms with Crippen molar-refractivity contribution in [1.82, 2.24) is 9.55 Å². The third-order valence-corrected chi connectivity index (χ3v) is 10.4. The highest BCUT2D eigenvalue weighted by Gasteiger charge is 2.20. The summed E-state index contributed by atoms with van der Waals surface area (Å²) in [6.45, 7) is 0. The molecule has 53 heavy (non-hydrogen) atoms. The monoisotopic (exact) mass is 674 g/mol. The van der Waals surface area contributed by atoms with Crippen molar-refractivity contribution >= 4 is 32.6 Å². The van der Waals surface area contributed by atoms with E-state index in [9.17, 15) is 0 Å². The lowest BCUT2D eigenvalue weighted by Crippen LogP contribution is -1.99. The number of aromatic nitrogens is 2. The van der Waals surface area contributed by atoms with Crippen LogP contribution in [-0.4, -0.2) is 9.55 Å². The van der Waals surface area contributed by atoms with E-state index in [2.05, 4.69) is 211 Å². The minimum absolute atomic E-state index is 0.928. The molecule has 0 atom stereocenters. The van der Waals surface area contributed by atoms with Crippen LogP contribution < -0.4 is 0 Å². The molecule has 0 saturated carbocycles. The van der Waals surface area contributed by atoms with E-state index in [1.165, 1.54) is 60.5 Å². The molecule has 1 aromatic heterocycles. The van der Waals surface area contributed by atoms with E-state index in [0.29, 0.717) is 0 Å². The Hall–Kier alpha value is -7.03. The highest BCUT2D eigenvalue weighted by atomic mass is 15.1. The second-order valence-electron chi connectivity index (χ2n) is 13.5. The van der Waals surface area contributed by atoms with Crippen LogP contribution in [0.1, 0.15) is 0 Å². The third-order valence-electron chi connectivity index (χ3n) is 10.4. The van der Waals surface area contributed by atoms with Gasteiger partial charge in [0.2, 0.25) is 0 Å². The Kier molecular flexibility index (Phi) is 7.51. The average Bonchev–Trinajstić information content (AvgIpc) is 3.63. The van der Waals surface area contributed by atoms with Gasteiger partial charge in [0.05, 0.1) is 11.0 Å². The quantitative estimate of drug-likeness (QED) is 0.161. The lowest BCUT2D eigenvalue weighted by Gasteiger charge is -2.18. The third kappa shape index (κ3) is 5.32. The van der Waals surface area contributed by atoms with E-state index < -0.39 is 0 Å². The van der Waals surface area contributed by atoms with Crippen molar-refractivity contribution in [3.05, 3.63) is 206 Å². The van der Waals surface area contributed by atoms with E-state index in [1.807, 2.05) is 0 Å². The molecule has 10 rings (SSSR count). The number of fused-ring (bicyclic) bond motifs is 3. The first-order chi connectivity index (χ1) is 26.3. The van der Waals surface area contributed by atoms with E-state index in [1.54, 1.807) is 0 Å². The molecule has 0 spiro atoms. The smallest absolute Gasteiger partial charge is 0.146 e. The number of imidazole rings is 1. The molecule has 0 amide bonds. The van der Waals surface area contributed by atoms with Gasteiger partial charge in [-0.2, -0.15) is 0 Å². The topological polar surface area (TPSA) is 17.8 Å². The minimum atomic E-state index is 0.928. The summed E-state index contributed by atoms with van der Waals surface area (Å²) in [7, 11) is 0. The Labute approximate surface area is 308 Å². The van der Waals surface area contributed by atoms with Crippen molar-refractivity contribution in [2.24, 2.45) is 0 Å². The van der Waals surface area contributed by atoms with Crippen LogP contribution in [0.2, 0.25) is 0 Å². The van der Waals surface area contributed by atoms with E-state index >= 15 is 0 Å². The van der Waals surface area contributed by atoms with Crippen LogP contribution in [0.15, 0.2) is 206 Å². The maximum atomic E-state index is 5.23. The van der Waals surface area contributed by atoms with Crippen molar-refractivity contribution < 1.29 is 0 Å². The molecule has 2 nitrogen and oxygen atoms in total. The molecule has 0 aliphatic rings. The zero-order valence-electron chi connectivity index (χ0n) is 29.0. The van der Waals surface area contributed by atoms with Gasteiger partial charge in [0.15, 0.2) is 0 Å². The van der Waals surface area contributed by atoms with Crippen molar-refractivity contribution in [3.63, 3.8) is 0 Å². The molecule has 0 aliphatic carbocycles. The normalized spacial score (nSPS) is 11.4. The van der Waals surface area contributed by atoms with Gasteiger partial charge in [-0.25, -0.2) is 4.98 Å². The Bertz CT molecular complexity index is 2850. The molecule has 9 aromatic carbocycles. The van der Waals surface area contributed by atoms with E-state index in [0.717, 1.165) is 33.7 Å². The number of benzene rings is 9. The summed E-state index contributed by atoms with van der Waals surface area (Å²) >= 11 is 0. The van der Waals surface area contributed by atoms with Gasteiger partial charge in [-0.1, -0.05) is 182 Å². The Balaban J connectivity index is 1.13. The SMILES string of the molecule is c1ccc(-c2ccc(-c3c4ccccc4c(-c4ccc(-n5c(-c6ccccc6-c6ccccc6)nc6ccccc65)cc4)c4ccccc34)cc2)cc1. The van der Waals surface area contributed by atoms with Gasteiger partial charge < -0.3 is 0 Å². The van der Waals surface area contributed by atoms with Crippen LogP contribution in [0.3, 0.4) is 0 Å². The molecular weight excluding hydrogens is 641 g/mol. The zero-order valence-corrected chi connectivity index (χ0v) is 29.0. The van der Waals surface area contributed by atoms with Gasteiger partial charge in [-0.15, -0.1) is 0 Å². The molecule has 0 aliphatic heterocycles. The fraction of sp³-hybridized carbons (Fsp3) is 0. The molecule has 0 unspecified atom stereocenters. The summed E-state index contributed by atoms with van der Waals surface area (Å²) in [5, 5.41) is 4.98. The van der Waals surface area contributed by atoms with Gasteiger partial charge in [-0.05, 0) is 90.3 Å². The maximum absolute atomic E-state index is 5.23. The summed E-state index contributed by atoms with van der Waals surface area (Å²) in [5.41, 5.74) is 13.9. The number of para-hydroxylation sites is 2. The maximum Gasteiger partial charge on any atom is 0.146 e. The number of hydrogen-bond donors (Lipinski definition) is 0. The van der Waals surface area contributed by atoms with Crippen LogP contribution in [0.4, 0.5) is 0 Å². The molecule has 0 N–H and O–H groups in total. The lowest BCUT2D eigenvalue weighted by atomic mass is 9.85. The fourth-order valence-corrected chi connectivity index (χ4v) is 8.00. The van der Waals surface area contributed by atoms with E-state index in [4.69, 9.17) is 4.98 Å². The fourth-order valence-electron chi connectivity index (χ4n) is 8.00. The standard InChI is InChI=1S/C51H34N2/c1-3-15-35(16-4-1)36-27-29-38(30-28-36)49-42-20-8-10-22-44(42)50(45-23-11-9-21-43(45)49)39-31-33-40(34-32-39)53-48-26-14-13-25-47(48)52-51(53)46-24-12-7-19-41(46)37-17-5-2-6-18-37/h1-34H. The summed E-state index contributed by atoms with van der Waals surface area (Å²) in [6, 6.07) is 74.0. The molecule has 1 heterocycles. The number of hydrogen-bond acceptors (Lipinski definition) is 1. The molecular formula is C51H34N2. The van der Waals surface area contributed by atoms with Gasteiger partial charge in [0, 0.05) is 11.3 Å². The predicted octanol–water partition coefficient (Wildman–Crippen LogP) is 13.7. The first-order valence-electron chi connectivity index (χ1n) is 18.1. The molecule has 0 saturated heterocycles. The van der Waals surface area contributed by atoms with Crippen molar-refractivity contribution in [3.8, 4) is 61.6 Å². The summed E-state index contributed by atoms with van der Waals surface area (Å²) in [6.07, 6.45) is 0. The van der Waals surface area contributed by atoms with Gasteiger partial charge >= 0.3 is 0 Å². The van der Waals surface area contributed by atoms with E-state index in [-0.39, 0.29) is 0 Å². The second kappa shape index (κ2) is 12.9. The molecule has 0 bridgehead atoms. The molecule has 248 valence electrons. The van der Waals surface area contributed by atoms with Gasteiger partial charge in [-0.3, -0.25) is 4.57 Å². The minimum Gasteiger partial charge on any atom is -0.292 e. The first kappa shape index (κ1) is 30.8. The number of nitrogens with zero attached hydrogens (tertiary/aromatic N) is 2. The Morgan fingerprint density at radius 1 is 0.302 bits per heavy atom. The van der Waals surface area contributed by atoms with Gasteiger partial charge in [0.1, 0.15) is 5.82 Å². The summed E-state index contributed by atoms with van der Waals surface area (Å²) in [5.74, 6) is 0.928. The molecule has 10 aromatic rings. The van der Waals surface area contributed by atoms with Crippen molar-refractivity contribution in [1.29, 1.82) is 0 Å². The van der Waals surface area contributed by atoms with Crippen molar-refractivity contribution in [2.75, 3.05) is 0 Å². The first-order valence-corrected chi connectivity index (χ1v) is 18.1. The second-order valence-corrected chi connectivity index (χ2v) is 13.5. The lowest BCUT2D eigenvalue weighted by molar-refractivity contribution is 1.10. The summed E-state index contributed by atoms with van der Waals surface area (Å²) < 4.78 is 2.30. The van der Waals surface area contributed by atoms with Gasteiger partial charge in [0.25, 0.3) is 0 Å². The Morgan fingerprint density at radius 2 is 0.717 bits per heavy atom. The van der Waals surface area contributed by atoms with Crippen LogP contribution >= 0.6 is 0 Å². The Morgan fingerprint density at radius 3 is 1.30 bits per heavy atom. The number of rotatable bonds is 6. The van der Waals surface area contributed by atoms with Crippen LogP contribution in [-0.2, 0) is 0 Å². The highest BCUT2D eigenvalue weighted by molar-refractivity contribution is 6.21. The molecule has 2 heteroatoms. The summed E-state index contributed by atoms with van der Waals surface area (Å²) in [4.78, 5) is 5.23. The van der Waals surface area contributed by atoms with Crippen LogP contribution in [0.25, 0.3) is 94.2 Å². The molecule has 0 fully saturated rings. The largest absolute Gasteiger partial charge is 0.292 e. The van der Waals surface area contributed by atoms with Crippen LogP contribution in [0.5, 0.6) is 0 Å². The average molecular weight is 675 g/mol. The van der Waals surface area contributed by atoms with Crippen LogP contribution in [0, 0.1) is 0 Å². The zero-order chi connectivity index (χ0) is 35.1. The van der Waals surface area contributed by atoms with Crippen molar-refractivity contribution in [2.45, 2.75) is 0 Å². The molecule has 0 radical (unpaired) electrons.